The second-order valence-electron chi connectivity index (χ2n) is 3.54. The van der Waals surface area contributed by atoms with Crippen molar-refractivity contribution in [1.29, 1.82) is 0 Å². The molecule has 1 aromatic rings. The summed E-state index contributed by atoms with van der Waals surface area (Å²) in [4.78, 5) is 10.6. The maximum absolute atomic E-state index is 13.2. The minimum Gasteiger partial charge on any atom is -0.480 e. The minimum atomic E-state index is -4.07. The predicted octanol–water partition coefficient (Wildman–Crippen LogP) is 1.35. The molecule has 0 aliphatic heterocycles. The van der Waals surface area contributed by atoms with Gasteiger partial charge in [-0.15, -0.1) is 0 Å². The van der Waals surface area contributed by atoms with E-state index in [2.05, 4.69) is 4.72 Å². The van der Waals surface area contributed by atoms with Crippen LogP contribution in [-0.4, -0.2) is 24.7 Å². The number of halogens is 1. The zero-order valence-corrected chi connectivity index (χ0v) is 10.1. The van der Waals surface area contributed by atoms with Crippen LogP contribution in [-0.2, 0) is 14.8 Å². The molecular weight excluding hydrogens is 249 g/mol. The number of benzene rings is 1. The Hall–Kier alpha value is -1.63. The molecule has 0 bridgehead atoms. The Morgan fingerprint density at radius 1 is 1.47 bits per heavy atom. The molecular formula is C10H12FNO4S. The van der Waals surface area contributed by atoms with Crippen LogP contribution in [0.25, 0.3) is 0 Å². The molecule has 0 saturated heterocycles. The van der Waals surface area contributed by atoms with Crippen molar-refractivity contribution in [2.24, 2.45) is 0 Å². The van der Waals surface area contributed by atoms with Gasteiger partial charge in [0.15, 0.2) is 5.25 Å². The van der Waals surface area contributed by atoms with Gasteiger partial charge in [0.25, 0.3) is 0 Å². The highest BCUT2D eigenvalue weighted by Gasteiger charge is 2.28. The molecule has 1 unspecified atom stereocenters. The molecule has 0 amide bonds. The first kappa shape index (κ1) is 13.4. The van der Waals surface area contributed by atoms with Crippen LogP contribution >= 0.6 is 0 Å². The van der Waals surface area contributed by atoms with E-state index in [1.807, 2.05) is 0 Å². The number of sulfonamides is 1. The lowest BCUT2D eigenvalue weighted by Gasteiger charge is -2.13. The van der Waals surface area contributed by atoms with E-state index in [4.69, 9.17) is 5.11 Å². The van der Waals surface area contributed by atoms with Gasteiger partial charge >= 0.3 is 5.97 Å². The lowest BCUT2D eigenvalue weighted by molar-refractivity contribution is -0.136. The van der Waals surface area contributed by atoms with Gasteiger partial charge < -0.3 is 5.11 Å². The van der Waals surface area contributed by atoms with E-state index in [0.717, 1.165) is 6.92 Å². The Morgan fingerprint density at radius 2 is 2.06 bits per heavy atom. The van der Waals surface area contributed by atoms with Gasteiger partial charge in [0.05, 0.1) is 5.69 Å². The van der Waals surface area contributed by atoms with Gasteiger partial charge in [0.1, 0.15) is 5.82 Å². The Morgan fingerprint density at radius 3 is 2.59 bits per heavy atom. The number of carboxylic acids is 1. The van der Waals surface area contributed by atoms with Gasteiger partial charge in [-0.05, 0) is 26.0 Å². The van der Waals surface area contributed by atoms with Crippen LogP contribution in [0, 0.1) is 12.7 Å². The van der Waals surface area contributed by atoms with Crippen LogP contribution in [0.1, 0.15) is 12.5 Å². The maximum Gasteiger partial charge on any atom is 0.323 e. The third-order valence-electron chi connectivity index (χ3n) is 2.33. The summed E-state index contributed by atoms with van der Waals surface area (Å²) in [7, 11) is -4.07. The van der Waals surface area contributed by atoms with Crippen LogP contribution in [0.5, 0.6) is 0 Å². The monoisotopic (exact) mass is 261 g/mol. The Bertz CT molecular complexity index is 541. The highest BCUT2D eigenvalue weighted by Crippen LogP contribution is 2.19. The van der Waals surface area contributed by atoms with Crippen LogP contribution < -0.4 is 4.72 Å². The highest BCUT2D eigenvalue weighted by molar-refractivity contribution is 7.94. The van der Waals surface area contributed by atoms with Gasteiger partial charge in [-0.25, -0.2) is 12.8 Å². The summed E-state index contributed by atoms with van der Waals surface area (Å²) in [6, 6.07) is 3.89. The molecule has 94 valence electrons. The maximum atomic E-state index is 13.2. The van der Waals surface area contributed by atoms with E-state index in [0.29, 0.717) is 0 Å². The first-order valence-electron chi connectivity index (χ1n) is 4.75. The SMILES string of the molecule is Cc1c(F)cccc1NS(=O)(=O)C(C)C(=O)O. The number of hydrogen-bond donors (Lipinski definition) is 2. The molecule has 0 aliphatic rings. The second-order valence-corrected chi connectivity index (χ2v) is 5.54. The molecule has 1 rings (SSSR count). The molecule has 0 fully saturated rings. The Labute approximate surface area is 98.3 Å². The Balaban J connectivity index is 3.07. The van der Waals surface area contributed by atoms with Gasteiger partial charge in [-0.1, -0.05) is 6.07 Å². The minimum absolute atomic E-state index is 0.0399. The number of nitrogens with one attached hydrogen (secondary N) is 1. The molecule has 0 radical (unpaired) electrons. The third-order valence-corrected chi connectivity index (χ3v) is 3.97. The second kappa shape index (κ2) is 4.70. The van der Waals surface area contributed by atoms with Crippen molar-refractivity contribution in [3.63, 3.8) is 0 Å². The normalized spacial score (nSPS) is 13.1. The molecule has 0 aliphatic carbocycles. The van der Waals surface area contributed by atoms with Crippen LogP contribution in [0.4, 0.5) is 10.1 Å². The van der Waals surface area contributed by atoms with Crippen LogP contribution in [0.2, 0.25) is 0 Å². The van der Waals surface area contributed by atoms with Gasteiger partial charge in [-0.3, -0.25) is 9.52 Å². The first-order valence-corrected chi connectivity index (χ1v) is 6.30. The summed E-state index contributed by atoms with van der Waals surface area (Å²) in [6.07, 6.45) is 0. The molecule has 0 aromatic heterocycles. The Kier molecular flexibility index (Phi) is 3.72. The molecule has 2 N–H and O–H groups in total. The third kappa shape index (κ3) is 2.94. The van der Waals surface area contributed by atoms with Crippen molar-refractivity contribution in [3.8, 4) is 0 Å². The lowest BCUT2D eigenvalue weighted by Crippen LogP contribution is -2.32. The van der Waals surface area contributed by atoms with Crippen molar-refractivity contribution in [1.82, 2.24) is 0 Å². The van der Waals surface area contributed by atoms with Crippen LogP contribution in [0.15, 0.2) is 18.2 Å². The molecule has 1 aromatic carbocycles. The number of hydrogen-bond acceptors (Lipinski definition) is 3. The molecule has 7 heteroatoms. The quantitative estimate of drug-likeness (QED) is 0.857. The predicted molar refractivity (Wildman–Crippen MR) is 60.8 cm³/mol. The summed E-state index contributed by atoms with van der Waals surface area (Å²) in [5.74, 6) is -2.03. The van der Waals surface area contributed by atoms with E-state index < -0.39 is 27.1 Å². The van der Waals surface area contributed by atoms with Gasteiger partial charge in [-0.2, -0.15) is 0 Å². The van der Waals surface area contributed by atoms with E-state index in [9.17, 15) is 17.6 Å². The van der Waals surface area contributed by atoms with E-state index in [1.165, 1.54) is 25.1 Å². The molecule has 17 heavy (non-hydrogen) atoms. The molecule has 0 saturated carbocycles. The lowest BCUT2D eigenvalue weighted by atomic mass is 10.2. The summed E-state index contributed by atoms with van der Waals surface area (Å²) >= 11 is 0. The zero-order chi connectivity index (χ0) is 13.2. The van der Waals surface area contributed by atoms with E-state index >= 15 is 0 Å². The molecule has 5 nitrogen and oxygen atoms in total. The number of anilines is 1. The number of carbonyl (C=O) groups is 1. The molecule has 1 atom stereocenters. The summed E-state index contributed by atoms with van der Waals surface area (Å²) < 4.78 is 38.4. The average molecular weight is 261 g/mol. The van der Waals surface area contributed by atoms with Crippen molar-refractivity contribution >= 4 is 21.7 Å². The van der Waals surface area contributed by atoms with Crippen molar-refractivity contribution in [2.75, 3.05) is 4.72 Å². The molecule has 0 spiro atoms. The fourth-order valence-electron chi connectivity index (χ4n) is 1.09. The smallest absolute Gasteiger partial charge is 0.323 e. The standard InChI is InChI=1S/C10H12FNO4S/c1-6-8(11)4-3-5-9(6)12-17(15,16)7(2)10(13)14/h3-5,7,12H,1-2H3,(H,13,14). The fraction of sp³-hybridized carbons (Fsp3) is 0.300. The number of rotatable bonds is 4. The average Bonchev–Trinajstić information content (AvgIpc) is 2.23. The topological polar surface area (TPSA) is 83.5 Å². The van der Waals surface area contributed by atoms with Gasteiger partial charge in [0, 0.05) is 5.56 Å². The van der Waals surface area contributed by atoms with Crippen LogP contribution in [0.3, 0.4) is 0 Å². The summed E-state index contributed by atoms with van der Waals surface area (Å²) in [5.41, 5.74) is 0.159. The zero-order valence-electron chi connectivity index (χ0n) is 9.27. The van der Waals surface area contributed by atoms with Gasteiger partial charge in [0.2, 0.25) is 10.0 Å². The largest absolute Gasteiger partial charge is 0.480 e. The highest BCUT2D eigenvalue weighted by atomic mass is 32.2. The first-order chi connectivity index (χ1) is 7.75. The van der Waals surface area contributed by atoms with Crippen molar-refractivity contribution in [2.45, 2.75) is 19.1 Å². The molecule has 0 heterocycles. The van der Waals surface area contributed by atoms with E-state index in [1.54, 1.807) is 0 Å². The summed E-state index contributed by atoms with van der Waals surface area (Å²) in [5, 5.41) is 7.02. The van der Waals surface area contributed by atoms with E-state index in [-0.39, 0.29) is 11.3 Å². The number of carboxylic acid groups (broad SMARTS) is 1. The number of aliphatic carboxylic acids is 1. The van der Waals surface area contributed by atoms with Crippen molar-refractivity contribution in [3.05, 3.63) is 29.6 Å². The van der Waals surface area contributed by atoms with Crippen molar-refractivity contribution < 1.29 is 22.7 Å². The summed E-state index contributed by atoms with van der Waals surface area (Å²) in [6.45, 7) is 2.44. The fourth-order valence-corrected chi connectivity index (χ4v) is 2.06.